The lowest BCUT2D eigenvalue weighted by molar-refractivity contribution is -0.274. The summed E-state index contributed by atoms with van der Waals surface area (Å²) < 4.78 is 39.1. The predicted molar refractivity (Wildman–Crippen MR) is 44.5 cm³/mol. The van der Waals surface area contributed by atoms with E-state index in [-0.39, 0.29) is 11.5 Å². The molecule has 0 aliphatic carbocycles. The third-order valence-electron chi connectivity index (χ3n) is 1.45. The first kappa shape index (κ1) is 10.9. The van der Waals surface area contributed by atoms with Crippen molar-refractivity contribution in [3.8, 4) is 11.8 Å². The Kier molecular flexibility index (Phi) is 2.57. The van der Waals surface area contributed by atoms with Gasteiger partial charge in [-0.2, -0.15) is 5.26 Å². The maximum Gasteiger partial charge on any atom is 0.573 e. The molecule has 0 aromatic carbocycles. The second kappa shape index (κ2) is 3.53. The maximum atomic E-state index is 11.9. The third-order valence-corrected chi connectivity index (χ3v) is 1.45. The summed E-state index contributed by atoms with van der Waals surface area (Å²) in [4.78, 5) is 3.35. The number of nitrogens with zero attached hydrogens (tertiary/aromatic N) is 2. The number of ether oxygens (including phenoxy) is 1. The minimum Gasteiger partial charge on any atom is -0.403 e. The molecule has 1 aromatic rings. The van der Waals surface area contributed by atoms with E-state index in [4.69, 9.17) is 16.7 Å². The molecule has 1 rings (SSSR count). The average Bonchev–Trinajstić information content (AvgIpc) is 2.10. The molecule has 8 heteroatoms. The Hall–Kier alpha value is -2.17. The summed E-state index contributed by atoms with van der Waals surface area (Å²) in [5.74, 6) is -0.988. The van der Waals surface area contributed by atoms with Gasteiger partial charge in [-0.05, 0) is 0 Å². The number of hydrogen-bond donors (Lipinski definition) is 2. The van der Waals surface area contributed by atoms with Crippen LogP contribution in [0.1, 0.15) is 5.56 Å². The monoisotopic (exact) mass is 218 g/mol. The molecule has 0 saturated carbocycles. The molecule has 0 aliphatic heterocycles. The quantitative estimate of drug-likeness (QED) is 0.733. The molecule has 4 N–H and O–H groups in total. The van der Waals surface area contributed by atoms with Crippen molar-refractivity contribution in [3.05, 3.63) is 11.8 Å². The number of rotatable bonds is 1. The molecule has 0 amide bonds. The zero-order valence-electron chi connectivity index (χ0n) is 7.17. The van der Waals surface area contributed by atoms with Crippen LogP contribution in [0.3, 0.4) is 0 Å². The van der Waals surface area contributed by atoms with Gasteiger partial charge in [-0.3, -0.25) is 0 Å². The SMILES string of the molecule is N#Cc1c(OC(F)(F)F)cnc(N)c1N. The zero-order valence-corrected chi connectivity index (χ0v) is 7.17. The smallest absolute Gasteiger partial charge is 0.403 e. The fourth-order valence-corrected chi connectivity index (χ4v) is 0.840. The molecule has 0 atom stereocenters. The Morgan fingerprint density at radius 2 is 2.00 bits per heavy atom. The molecule has 0 fully saturated rings. The number of hydrogen-bond acceptors (Lipinski definition) is 5. The number of nitriles is 1. The lowest BCUT2D eigenvalue weighted by Crippen LogP contribution is -2.18. The van der Waals surface area contributed by atoms with Gasteiger partial charge in [-0.1, -0.05) is 0 Å². The Morgan fingerprint density at radius 1 is 1.40 bits per heavy atom. The summed E-state index contributed by atoms with van der Waals surface area (Å²) in [6, 6.07) is 1.46. The summed E-state index contributed by atoms with van der Waals surface area (Å²) in [5.41, 5.74) is 9.64. The molecule has 0 saturated heterocycles. The predicted octanol–water partition coefficient (Wildman–Crippen LogP) is 1.02. The summed E-state index contributed by atoms with van der Waals surface area (Å²) in [7, 11) is 0. The average molecular weight is 218 g/mol. The highest BCUT2D eigenvalue weighted by Gasteiger charge is 2.33. The number of halogens is 3. The number of pyridine rings is 1. The van der Waals surface area contributed by atoms with E-state index in [9.17, 15) is 13.2 Å². The summed E-state index contributed by atoms with van der Waals surface area (Å²) in [6.45, 7) is 0. The lowest BCUT2D eigenvalue weighted by Gasteiger charge is -2.11. The molecule has 15 heavy (non-hydrogen) atoms. The largest absolute Gasteiger partial charge is 0.573 e. The van der Waals surface area contributed by atoms with E-state index in [0.717, 1.165) is 0 Å². The van der Waals surface area contributed by atoms with Gasteiger partial charge in [0, 0.05) is 0 Å². The molecule has 1 heterocycles. The van der Waals surface area contributed by atoms with E-state index < -0.39 is 17.7 Å². The Morgan fingerprint density at radius 3 is 2.47 bits per heavy atom. The van der Waals surface area contributed by atoms with Crippen LogP contribution >= 0.6 is 0 Å². The van der Waals surface area contributed by atoms with Crippen LogP contribution < -0.4 is 16.2 Å². The van der Waals surface area contributed by atoms with E-state index in [2.05, 4.69) is 9.72 Å². The van der Waals surface area contributed by atoms with E-state index in [1.807, 2.05) is 0 Å². The molecule has 80 valence electrons. The first-order chi connectivity index (χ1) is 6.85. The molecule has 0 radical (unpaired) electrons. The number of nitrogen functional groups attached to an aromatic ring is 2. The van der Waals surface area contributed by atoms with Gasteiger partial charge in [0.1, 0.15) is 17.5 Å². The van der Waals surface area contributed by atoms with Gasteiger partial charge in [-0.15, -0.1) is 13.2 Å². The molecule has 1 aromatic heterocycles. The first-order valence-electron chi connectivity index (χ1n) is 3.55. The minimum atomic E-state index is -4.91. The Bertz CT molecular complexity index is 423. The van der Waals surface area contributed by atoms with Crippen LogP contribution in [0.4, 0.5) is 24.7 Å². The van der Waals surface area contributed by atoms with Crippen molar-refractivity contribution in [3.63, 3.8) is 0 Å². The summed E-state index contributed by atoms with van der Waals surface area (Å²) in [5, 5.41) is 8.56. The second-order valence-electron chi connectivity index (χ2n) is 2.46. The van der Waals surface area contributed by atoms with Gasteiger partial charge < -0.3 is 16.2 Å². The Labute approximate surface area is 82.1 Å². The maximum absolute atomic E-state index is 11.9. The van der Waals surface area contributed by atoms with Gasteiger partial charge in [0.25, 0.3) is 0 Å². The molecule has 5 nitrogen and oxygen atoms in total. The molecular formula is C7H5F3N4O. The summed E-state index contributed by atoms with van der Waals surface area (Å²) >= 11 is 0. The van der Waals surface area contributed by atoms with Crippen molar-refractivity contribution >= 4 is 11.5 Å². The van der Waals surface area contributed by atoms with E-state index in [0.29, 0.717) is 6.20 Å². The van der Waals surface area contributed by atoms with E-state index in [1.54, 1.807) is 0 Å². The number of alkyl halides is 3. The highest BCUT2D eigenvalue weighted by Crippen LogP contribution is 2.30. The van der Waals surface area contributed by atoms with Crippen molar-refractivity contribution in [2.75, 3.05) is 11.5 Å². The van der Waals surface area contributed by atoms with Crippen LogP contribution in [0.5, 0.6) is 5.75 Å². The standard InChI is InChI=1S/C7H5F3N4O/c8-7(9,10)15-4-2-14-6(13)5(12)3(4)1-11/h2H,12H2,(H2,13,14). The number of nitrogens with two attached hydrogens (primary N) is 2. The fraction of sp³-hybridized carbons (Fsp3) is 0.143. The van der Waals surface area contributed by atoms with Crippen LogP contribution in [0, 0.1) is 11.3 Å². The van der Waals surface area contributed by atoms with Gasteiger partial charge in [0.2, 0.25) is 0 Å². The summed E-state index contributed by atoms with van der Waals surface area (Å²) in [6.07, 6.45) is -4.21. The van der Waals surface area contributed by atoms with Crippen molar-refractivity contribution in [2.24, 2.45) is 0 Å². The van der Waals surface area contributed by atoms with Crippen LogP contribution in [0.15, 0.2) is 6.20 Å². The van der Waals surface area contributed by atoms with Crippen LogP contribution in [-0.4, -0.2) is 11.3 Å². The lowest BCUT2D eigenvalue weighted by atomic mass is 10.2. The van der Waals surface area contributed by atoms with Crippen molar-refractivity contribution in [2.45, 2.75) is 6.36 Å². The third kappa shape index (κ3) is 2.40. The van der Waals surface area contributed by atoms with Gasteiger partial charge in [0.05, 0.1) is 11.9 Å². The fourth-order valence-electron chi connectivity index (χ4n) is 0.840. The Balaban J connectivity index is 3.21. The molecule has 0 unspecified atom stereocenters. The van der Waals surface area contributed by atoms with Gasteiger partial charge in [0.15, 0.2) is 5.75 Å². The highest BCUT2D eigenvalue weighted by molar-refractivity contribution is 5.70. The van der Waals surface area contributed by atoms with Crippen LogP contribution in [0.25, 0.3) is 0 Å². The normalized spacial score (nSPS) is 10.8. The van der Waals surface area contributed by atoms with Crippen molar-refractivity contribution in [1.29, 1.82) is 5.26 Å². The first-order valence-corrected chi connectivity index (χ1v) is 3.55. The molecule has 0 bridgehead atoms. The van der Waals surface area contributed by atoms with Crippen LogP contribution in [-0.2, 0) is 0 Å². The van der Waals surface area contributed by atoms with Gasteiger partial charge in [-0.25, -0.2) is 4.98 Å². The zero-order chi connectivity index (χ0) is 11.6. The molecule has 0 aliphatic rings. The van der Waals surface area contributed by atoms with Crippen molar-refractivity contribution < 1.29 is 17.9 Å². The number of aromatic nitrogens is 1. The number of anilines is 2. The molecule has 0 spiro atoms. The van der Waals surface area contributed by atoms with Gasteiger partial charge >= 0.3 is 6.36 Å². The van der Waals surface area contributed by atoms with E-state index in [1.165, 1.54) is 6.07 Å². The second-order valence-corrected chi connectivity index (χ2v) is 2.46. The van der Waals surface area contributed by atoms with Crippen LogP contribution in [0.2, 0.25) is 0 Å². The topological polar surface area (TPSA) is 97.9 Å². The minimum absolute atomic E-state index is 0.221. The van der Waals surface area contributed by atoms with Crippen molar-refractivity contribution in [1.82, 2.24) is 4.98 Å². The van der Waals surface area contributed by atoms with E-state index >= 15 is 0 Å². The highest BCUT2D eigenvalue weighted by atomic mass is 19.4. The molecular weight excluding hydrogens is 213 g/mol.